The van der Waals surface area contributed by atoms with Crippen LogP contribution in [0.25, 0.3) is 0 Å². The van der Waals surface area contributed by atoms with Crippen molar-refractivity contribution in [3.63, 3.8) is 0 Å². The Morgan fingerprint density at radius 2 is 1.31 bits per heavy atom. The summed E-state index contributed by atoms with van der Waals surface area (Å²) in [5.74, 6) is 0. The predicted octanol–water partition coefficient (Wildman–Crippen LogP) is 4.21. The highest BCUT2D eigenvalue weighted by Gasteiger charge is 2.05. The van der Waals surface area contributed by atoms with E-state index in [1.165, 1.54) is 25.7 Å². The molecule has 0 radical (unpaired) electrons. The van der Waals surface area contributed by atoms with E-state index in [0.29, 0.717) is 7.85 Å². The van der Waals surface area contributed by atoms with Crippen molar-refractivity contribution in [2.75, 3.05) is 13.2 Å². The van der Waals surface area contributed by atoms with E-state index in [1.54, 1.807) is 0 Å². The summed E-state index contributed by atoms with van der Waals surface area (Å²) in [4.78, 5) is 0. The molecule has 13 heavy (non-hydrogen) atoms. The Kier molecular flexibility index (Phi) is 11.0. The van der Waals surface area contributed by atoms with Gasteiger partial charge in [0, 0.05) is 7.85 Å². The zero-order chi connectivity index (χ0) is 10.1. The van der Waals surface area contributed by atoms with E-state index in [1.807, 2.05) is 0 Å². The molecule has 0 aromatic rings. The monoisotopic (exact) mass is 410 g/mol. The van der Waals surface area contributed by atoms with Gasteiger partial charge in [-0.05, 0) is 12.8 Å². The molecule has 0 heterocycles. The molecular formula is C10H20I2O. The van der Waals surface area contributed by atoms with E-state index in [0.717, 1.165) is 13.2 Å². The molecule has 0 saturated heterocycles. The van der Waals surface area contributed by atoms with E-state index in [4.69, 9.17) is 4.74 Å². The first-order valence-corrected chi connectivity index (χ1v) is 7.55. The first-order valence-electron chi connectivity index (χ1n) is 5.06. The van der Waals surface area contributed by atoms with Crippen molar-refractivity contribution < 1.29 is 4.74 Å². The van der Waals surface area contributed by atoms with Crippen LogP contribution < -0.4 is 0 Å². The standard InChI is InChI=1S/C10H20I2O/c1-3-5-9(11)7-13-8-10(12)6-4-2/h9-10H,3-8H2,1-2H3. The second-order valence-electron chi connectivity index (χ2n) is 3.31. The zero-order valence-electron chi connectivity index (χ0n) is 8.56. The number of hydrogen-bond donors (Lipinski definition) is 0. The summed E-state index contributed by atoms with van der Waals surface area (Å²) in [6, 6.07) is 0. The molecule has 0 saturated carbocycles. The number of ether oxygens (including phenoxy) is 1. The molecule has 0 fully saturated rings. The fourth-order valence-corrected chi connectivity index (χ4v) is 2.87. The van der Waals surface area contributed by atoms with Gasteiger partial charge in [-0.25, -0.2) is 0 Å². The molecule has 80 valence electrons. The van der Waals surface area contributed by atoms with Crippen LogP contribution in [0.4, 0.5) is 0 Å². The molecule has 0 aliphatic heterocycles. The summed E-state index contributed by atoms with van der Waals surface area (Å²) >= 11 is 4.96. The minimum absolute atomic E-state index is 0.702. The van der Waals surface area contributed by atoms with Crippen LogP contribution in [-0.4, -0.2) is 21.1 Å². The first-order chi connectivity index (χ1) is 6.20. The van der Waals surface area contributed by atoms with Gasteiger partial charge in [-0.1, -0.05) is 71.9 Å². The molecule has 0 aromatic carbocycles. The Labute approximate surface area is 110 Å². The van der Waals surface area contributed by atoms with Crippen LogP contribution in [0, 0.1) is 0 Å². The van der Waals surface area contributed by atoms with Crippen LogP contribution in [0.1, 0.15) is 39.5 Å². The van der Waals surface area contributed by atoms with E-state index in [2.05, 4.69) is 59.0 Å². The van der Waals surface area contributed by atoms with Crippen molar-refractivity contribution >= 4 is 45.2 Å². The third kappa shape index (κ3) is 9.72. The van der Waals surface area contributed by atoms with E-state index >= 15 is 0 Å². The first kappa shape index (κ1) is 14.4. The van der Waals surface area contributed by atoms with Crippen LogP contribution in [0.15, 0.2) is 0 Å². The van der Waals surface area contributed by atoms with Crippen molar-refractivity contribution in [3.8, 4) is 0 Å². The highest BCUT2D eigenvalue weighted by atomic mass is 127. The van der Waals surface area contributed by atoms with Crippen LogP contribution >= 0.6 is 45.2 Å². The summed E-state index contributed by atoms with van der Waals surface area (Å²) in [6.07, 6.45) is 5.08. The van der Waals surface area contributed by atoms with Crippen molar-refractivity contribution in [1.29, 1.82) is 0 Å². The molecule has 3 heteroatoms. The van der Waals surface area contributed by atoms with Gasteiger partial charge in [0.1, 0.15) is 0 Å². The summed E-state index contributed by atoms with van der Waals surface area (Å²) < 4.78 is 7.05. The van der Waals surface area contributed by atoms with Crippen LogP contribution in [0.2, 0.25) is 0 Å². The SMILES string of the molecule is CCCC(I)COCC(I)CCC. The quantitative estimate of drug-likeness (QED) is 0.431. The fraction of sp³-hybridized carbons (Fsp3) is 1.00. The Morgan fingerprint density at radius 1 is 0.923 bits per heavy atom. The van der Waals surface area contributed by atoms with Gasteiger partial charge in [0.2, 0.25) is 0 Å². The summed E-state index contributed by atoms with van der Waals surface area (Å²) in [6.45, 7) is 6.31. The molecule has 0 amide bonds. The van der Waals surface area contributed by atoms with Crippen LogP contribution in [-0.2, 0) is 4.74 Å². The lowest BCUT2D eigenvalue weighted by Gasteiger charge is -2.12. The minimum Gasteiger partial charge on any atom is -0.379 e. The van der Waals surface area contributed by atoms with E-state index in [-0.39, 0.29) is 0 Å². The molecular weight excluding hydrogens is 390 g/mol. The van der Waals surface area contributed by atoms with Gasteiger partial charge in [0.05, 0.1) is 13.2 Å². The van der Waals surface area contributed by atoms with Crippen molar-refractivity contribution in [3.05, 3.63) is 0 Å². The third-order valence-corrected chi connectivity index (χ3v) is 3.77. The Bertz CT molecular complexity index is 97.1. The Morgan fingerprint density at radius 3 is 1.62 bits per heavy atom. The van der Waals surface area contributed by atoms with Crippen molar-refractivity contribution in [2.24, 2.45) is 0 Å². The van der Waals surface area contributed by atoms with Gasteiger partial charge in [0.25, 0.3) is 0 Å². The lowest BCUT2D eigenvalue weighted by Crippen LogP contribution is -2.14. The highest BCUT2D eigenvalue weighted by Crippen LogP contribution is 2.12. The molecule has 0 aromatic heterocycles. The van der Waals surface area contributed by atoms with Crippen LogP contribution in [0.5, 0.6) is 0 Å². The lowest BCUT2D eigenvalue weighted by molar-refractivity contribution is 0.138. The Hall–Kier alpha value is 1.42. The zero-order valence-corrected chi connectivity index (χ0v) is 12.9. The normalized spacial score (nSPS) is 15.7. The molecule has 1 nitrogen and oxygen atoms in total. The summed E-state index contributed by atoms with van der Waals surface area (Å²) in [5, 5.41) is 0. The van der Waals surface area contributed by atoms with E-state index < -0.39 is 0 Å². The third-order valence-electron chi connectivity index (χ3n) is 1.80. The molecule has 0 aliphatic carbocycles. The van der Waals surface area contributed by atoms with Gasteiger partial charge in [-0.3, -0.25) is 0 Å². The van der Waals surface area contributed by atoms with E-state index in [9.17, 15) is 0 Å². The average Bonchev–Trinajstić information content (AvgIpc) is 2.05. The number of hydrogen-bond acceptors (Lipinski definition) is 1. The lowest BCUT2D eigenvalue weighted by atomic mass is 10.2. The van der Waals surface area contributed by atoms with Gasteiger partial charge < -0.3 is 4.74 Å². The number of alkyl halides is 2. The molecule has 2 atom stereocenters. The van der Waals surface area contributed by atoms with Crippen LogP contribution in [0.3, 0.4) is 0 Å². The maximum absolute atomic E-state index is 5.65. The fourth-order valence-electron chi connectivity index (χ4n) is 1.12. The minimum atomic E-state index is 0.702. The van der Waals surface area contributed by atoms with Gasteiger partial charge in [0.15, 0.2) is 0 Å². The number of halogens is 2. The van der Waals surface area contributed by atoms with Crippen molar-refractivity contribution in [2.45, 2.75) is 47.4 Å². The Balaban J connectivity index is 3.23. The van der Waals surface area contributed by atoms with Gasteiger partial charge in [-0.2, -0.15) is 0 Å². The second kappa shape index (κ2) is 9.96. The predicted molar refractivity (Wildman–Crippen MR) is 76.3 cm³/mol. The maximum atomic E-state index is 5.65. The molecule has 2 unspecified atom stereocenters. The molecule has 0 spiro atoms. The topological polar surface area (TPSA) is 9.23 Å². The molecule has 0 aliphatic rings. The largest absolute Gasteiger partial charge is 0.379 e. The maximum Gasteiger partial charge on any atom is 0.0584 e. The molecule has 0 N–H and O–H groups in total. The summed E-state index contributed by atoms with van der Waals surface area (Å²) in [5.41, 5.74) is 0. The smallest absolute Gasteiger partial charge is 0.0584 e. The highest BCUT2D eigenvalue weighted by molar-refractivity contribution is 14.1. The average molecular weight is 410 g/mol. The van der Waals surface area contributed by atoms with Gasteiger partial charge in [-0.15, -0.1) is 0 Å². The van der Waals surface area contributed by atoms with Crippen molar-refractivity contribution in [1.82, 2.24) is 0 Å². The number of rotatable bonds is 8. The molecule has 0 bridgehead atoms. The van der Waals surface area contributed by atoms with Gasteiger partial charge >= 0.3 is 0 Å². The molecule has 0 rings (SSSR count). The summed E-state index contributed by atoms with van der Waals surface area (Å²) in [7, 11) is 0. The second-order valence-corrected chi connectivity index (χ2v) is 6.83.